The zero-order valence-electron chi connectivity index (χ0n) is 21.8. The number of Topliss-reactive ketones (excluding diaryl/α,β-unsaturated/α-hetero) is 1. The Morgan fingerprint density at radius 2 is 2.08 bits per heavy atom. The second-order valence-electron chi connectivity index (χ2n) is 11.7. The van der Waals surface area contributed by atoms with Crippen LogP contribution in [0.1, 0.15) is 70.2 Å². The van der Waals surface area contributed by atoms with Gasteiger partial charge in [-0.15, -0.1) is 6.58 Å². The first kappa shape index (κ1) is 26.5. The molecule has 1 aromatic rings. The molecule has 5 N–H and O–H groups in total. The largest absolute Gasteiger partial charge is 0.458 e. The zero-order valence-corrected chi connectivity index (χ0v) is 21.8. The molecule has 3 aliphatic rings. The number of carbonyl (C=O) groups excluding carboxylic acids is 2. The summed E-state index contributed by atoms with van der Waals surface area (Å²) in [6.45, 7) is 13.0. The molecule has 3 aliphatic carbocycles. The van der Waals surface area contributed by atoms with Gasteiger partial charge in [-0.1, -0.05) is 33.8 Å². The van der Waals surface area contributed by atoms with E-state index in [1.807, 2.05) is 6.92 Å². The number of aromatic amines is 1. The number of esters is 1. The van der Waals surface area contributed by atoms with Crippen molar-refractivity contribution in [3.63, 3.8) is 0 Å². The quantitative estimate of drug-likeness (QED) is 0.344. The van der Waals surface area contributed by atoms with E-state index in [4.69, 9.17) is 10.5 Å². The van der Waals surface area contributed by atoms with Crippen LogP contribution in [0.2, 0.25) is 0 Å². The highest BCUT2D eigenvalue weighted by Crippen LogP contribution is 2.68. The van der Waals surface area contributed by atoms with Gasteiger partial charge in [0.25, 0.3) is 5.56 Å². The number of rotatable bonds is 6. The number of nitrogens with zero attached hydrogens (tertiary/aromatic N) is 1. The highest BCUT2D eigenvalue weighted by molar-refractivity contribution is 5.89. The molecule has 8 atom stereocenters. The Labute approximate surface area is 212 Å². The molecule has 1 aromatic heterocycles. The van der Waals surface area contributed by atoms with E-state index < -0.39 is 34.6 Å². The lowest BCUT2D eigenvalue weighted by Gasteiger charge is -2.61. The fourth-order valence-electron chi connectivity index (χ4n) is 7.51. The van der Waals surface area contributed by atoms with Crippen LogP contribution in [0.4, 0.5) is 5.95 Å². The molecule has 4 rings (SSSR count). The van der Waals surface area contributed by atoms with Crippen LogP contribution in [0.5, 0.6) is 0 Å². The van der Waals surface area contributed by atoms with Crippen LogP contribution >= 0.6 is 0 Å². The molecule has 0 spiro atoms. The Morgan fingerprint density at radius 1 is 1.36 bits per heavy atom. The van der Waals surface area contributed by atoms with E-state index in [-0.39, 0.29) is 40.5 Å². The van der Waals surface area contributed by atoms with Gasteiger partial charge in [0.15, 0.2) is 0 Å². The summed E-state index contributed by atoms with van der Waals surface area (Å²) in [7, 11) is 0. The number of aliphatic hydroxyl groups excluding tert-OH is 1. The van der Waals surface area contributed by atoms with Gasteiger partial charge < -0.3 is 20.9 Å². The van der Waals surface area contributed by atoms with Gasteiger partial charge in [0.2, 0.25) is 5.95 Å². The zero-order chi connectivity index (χ0) is 26.5. The number of H-pyrrole nitrogens is 1. The maximum Gasteiger partial charge on any atom is 0.345 e. The van der Waals surface area contributed by atoms with Crippen molar-refractivity contribution >= 4 is 17.7 Å². The minimum Gasteiger partial charge on any atom is -0.458 e. The molecule has 3 saturated carbocycles. The molecule has 0 amide bonds. The monoisotopic (exact) mass is 500 g/mol. The lowest BCUT2D eigenvalue weighted by atomic mass is 9.44. The van der Waals surface area contributed by atoms with Crippen LogP contribution in [0.3, 0.4) is 0 Å². The second kappa shape index (κ2) is 9.41. The molecular formula is C27H40N4O5. The molecule has 9 heteroatoms. The average molecular weight is 501 g/mol. The number of hydrogen-bond acceptors (Lipinski definition) is 8. The van der Waals surface area contributed by atoms with Crippen LogP contribution in [0, 0.1) is 34.0 Å². The van der Waals surface area contributed by atoms with Gasteiger partial charge in [0, 0.05) is 36.3 Å². The van der Waals surface area contributed by atoms with Crippen LogP contribution < -0.4 is 16.6 Å². The van der Waals surface area contributed by atoms with E-state index in [9.17, 15) is 19.5 Å². The predicted octanol–water partition coefficient (Wildman–Crippen LogP) is 2.66. The van der Waals surface area contributed by atoms with Gasteiger partial charge in [0.1, 0.15) is 17.5 Å². The third-order valence-electron chi connectivity index (χ3n) is 10.0. The fraction of sp³-hybridized carbons (Fsp3) is 0.704. The van der Waals surface area contributed by atoms with E-state index in [1.165, 1.54) is 6.20 Å². The minimum atomic E-state index is -0.788. The van der Waals surface area contributed by atoms with Gasteiger partial charge >= 0.3 is 5.97 Å². The maximum absolute atomic E-state index is 13.5. The van der Waals surface area contributed by atoms with E-state index >= 15 is 0 Å². The summed E-state index contributed by atoms with van der Waals surface area (Å²) in [5.74, 6) is -0.722. The predicted molar refractivity (Wildman–Crippen MR) is 136 cm³/mol. The number of ether oxygens (including phenoxy) is 1. The molecular weight excluding hydrogens is 460 g/mol. The van der Waals surface area contributed by atoms with Gasteiger partial charge in [-0.25, -0.2) is 9.78 Å². The summed E-state index contributed by atoms with van der Waals surface area (Å²) in [4.78, 5) is 46.2. The number of carbonyl (C=O) groups is 2. The van der Waals surface area contributed by atoms with Crippen molar-refractivity contribution in [1.82, 2.24) is 9.97 Å². The Hall–Kier alpha value is -2.52. The molecule has 36 heavy (non-hydrogen) atoms. The Morgan fingerprint density at radius 3 is 2.72 bits per heavy atom. The third-order valence-corrected chi connectivity index (χ3v) is 10.0. The van der Waals surface area contributed by atoms with Gasteiger partial charge in [-0.2, -0.15) is 0 Å². The molecule has 9 nitrogen and oxygen atoms in total. The van der Waals surface area contributed by atoms with Crippen molar-refractivity contribution in [2.75, 3.05) is 18.4 Å². The molecule has 198 valence electrons. The van der Waals surface area contributed by atoms with Crippen molar-refractivity contribution in [3.05, 3.63) is 34.8 Å². The first-order valence-electron chi connectivity index (χ1n) is 13.0. The van der Waals surface area contributed by atoms with Crippen molar-refractivity contribution in [1.29, 1.82) is 0 Å². The molecule has 3 fully saturated rings. The molecule has 0 aromatic carbocycles. The summed E-state index contributed by atoms with van der Waals surface area (Å²) < 4.78 is 6.16. The van der Waals surface area contributed by atoms with E-state index in [0.29, 0.717) is 25.9 Å². The third kappa shape index (κ3) is 3.91. The number of ketones is 1. The highest BCUT2D eigenvalue weighted by Gasteiger charge is 2.68. The first-order valence-corrected chi connectivity index (χ1v) is 13.0. The van der Waals surface area contributed by atoms with E-state index in [1.54, 1.807) is 6.08 Å². The highest BCUT2D eigenvalue weighted by atomic mass is 16.5. The van der Waals surface area contributed by atoms with Gasteiger partial charge in [0.05, 0.1) is 12.3 Å². The first-order chi connectivity index (χ1) is 16.9. The second-order valence-corrected chi connectivity index (χ2v) is 11.7. The van der Waals surface area contributed by atoms with Crippen LogP contribution in [-0.4, -0.2) is 52.1 Å². The SMILES string of the molecule is C=C[C@]1(C)C[C@@H](OC(=O)c2cnc(NCCN)[nH]c2=O)[C@@]2(C)C3C(=O)CCC3(CC[C@H]2C)[C@@H](C)[C@@H]1O. The Balaban J connectivity index is 1.77. The number of anilines is 1. The summed E-state index contributed by atoms with van der Waals surface area (Å²) in [6, 6.07) is 0. The summed E-state index contributed by atoms with van der Waals surface area (Å²) in [5.41, 5.74) is 2.90. The van der Waals surface area contributed by atoms with Crippen molar-refractivity contribution in [2.24, 2.45) is 39.7 Å². The molecule has 0 aliphatic heterocycles. The molecule has 0 radical (unpaired) electrons. The molecule has 0 saturated heterocycles. The number of nitrogens with two attached hydrogens (primary N) is 1. The number of hydrogen-bond donors (Lipinski definition) is 4. The van der Waals surface area contributed by atoms with E-state index in [0.717, 1.165) is 19.3 Å². The van der Waals surface area contributed by atoms with E-state index in [2.05, 4.69) is 42.6 Å². The Bertz CT molecular complexity index is 1100. The number of aromatic nitrogens is 2. The smallest absolute Gasteiger partial charge is 0.345 e. The van der Waals surface area contributed by atoms with Gasteiger partial charge in [-0.05, 0) is 42.9 Å². The standard InChI is InChI=1S/C27H40N4O5/c1-6-25(4)13-19(36-23(35)17-14-30-24(29-12-11-28)31-22(17)34)26(5)15(2)7-9-27(16(3)21(25)33)10-8-18(32)20(26)27/h6,14-16,19-21,33H,1,7-13,28H2,2-5H3,(H2,29,30,31,34)/t15-,16+,19-,20?,21+,25-,26+,27?/m1/s1. The van der Waals surface area contributed by atoms with Crippen LogP contribution in [0.15, 0.2) is 23.6 Å². The lowest BCUT2D eigenvalue weighted by Crippen LogP contribution is -2.63. The summed E-state index contributed by atoms with van der Waals surface area (Å²) in [5, 5.41) is 14.5. The maximum atomic E-state index is 13.5. The number of nitrogens with one attached hydrogen (secondary N) is 2. The Kier molecular flexibility index (Phi) is 6.94. The summed E-state index contributed by atoms with van der Waals surface area (Å²) >= 11 is 0. The van der Waals surface area contributed by atoms with Crippen LogP contribution in [0.25, 0.3) is 0 Å². The van der Waals surface area contributed by atoms with Crippen molar-refractivity contribution in [3.8, 4) is 0 Å². The molecule has 1 heterocycles. The minimum absolute atomic E-state index is 0.103. The topological polar surface area (TPSA) is 147 Å². The lowest BCUT2D eigenvalue weighted by molar-refractivity contribution is -0.192. The van der Waals surface area contributed by atoms with Gasteiger partial charge in [-0.3, -0.25) is 14.6 Å². The fourth-order valence-corrected chi connectivity index (χ4v) is 7.51. The molecule has 2 unspecified atom stereocenters. The molecule has 2 bridgehead atoms. The summed E-state index contributed by atoms with van der Waals surface area (Å²) in [6.07, 6.45) is 4.72. The average Bonchev–Trinajstić information content (AvgIpc) is 3.21. The van der Waals surface area contributed by atoms with Crippen molar-refractivity contribution < 1.29 is 19.4 Å². The van der Waals surface area contributed by atoms with Crippen LogP contribution in [-0.2, 0) is 9.53 Å². The van der Waals surface area contributed by atoms with Crippen molar-refractivity contribution in [2.45, 2.75) is 72.0 Å². The number of aliphatic hydroxyl groups is 1. The normalized spacial score (nSPS) is 40.1.